The van der Waals surface area contributed by atoms with E-state index in [2.05, 4.69) is 0 Å². The van der Waals surface area contributed by atoms with E-state index in [0.29, 0.717) is 14.8 Å². The van der Waals surface area contributed by atoms with Gasteiger partial charge in [0.1, 0.15) is 0 Å². The first kappa shape index (κ1) is 15.7. The third-order valence-corrected chi connectivity index (χ3v) is 4.20. The maximum absolute atomic E-state index is 11.4. The van der Waals surface area contributed by atoms with Crippen molar-refractivity contribution < 1.29 is 19.7 Å². The molecule has 21 heavy (non-hydrogen) atoms. The summed E-state index contributed by atoms with van der Waals surface area (Å²) in [7, 11) is 1.38. The number of carbonyl (C=O) groups is 1. The van der Waals surface area contributed by atoms with Crippen LogP contribution in [0.1, 0.15) is 10.4 Å². The van der Waals surface area contributed by atoms with Crippen molar-refractivity contribution in [1.29, 1.82) is 0 Å². The predicted molar refractivity (Wildman–Crippen MR) is 84.5 cm³/mol. The lowest BCUT2D eigenvalue weighted by Crippen LogP contribution is -1.97. The lowest BCUT2D eigenvalue weighted by molar-refractivity contribution is -0.130. The molecular weight excluding hydrogens is 335 g/mol. The Kier molecular flexibility index (Phi) is 4.77. The summed E-state index contributed by atoms with van der Waals surface area (Å²) in [6, 6.07) is 6.21. The lowest BCUT2D eigenvalue weighted by atomic mass is 10.1. The van der Waals surface area contributed by atoms with Crippen LogP contribution < -0.4 is 4.74 Å². The van der Waals surface area contributed by atoms with Gasteiger partial charge in [-0.2, -0.15) is 0 Å². The summed E-state index contributed by atoms with van der Waals surface area (Å²) in [5, 5.41) is 19.1. The summed E-state index contributed by atoms with van der Waals surface area (Å²) in [5.74, 6) is -1.10. The zero-order valence-corrected chi connectivity index (χ0v) is 13.1. The van der Waals surface area contributed by atoms with E-state index in [0.717, 1.165) is 11.3 Å². The summed E-state index contributed by atoms with van der Waals surface area (Å²) < 4.78 is 5.49. The Labute approximate surface area is 134 Å². The highest BCUT2D eigenvalue weighted by Gasteiger charge is 2.14. The van der Waals surface area contributed by atoms with Gasteiger partial charge in [0.2, 0.25) is 0 Å². The third kappa shape index (κ3) is 3.50. The average Bonchev–Trinajstić information content (AvgIpc) is 2.85. The van der Waals surface area contributed by atoms with E-state index in [1.807, 2.05) is 0 Å². The second kappa shape index (κ2) is 6.39. The topological polar surface area (TPSA) is 66.8 Å². The summed E-state index contributed by atoms with van der Waals surface area (Å²) >= 11 is 12.9. The van der Waals surface area contributed by atoms with Gasteiger partial charge in [-0.3, -0.25) is 0 Å². The van der Waals surface area contributed by atoms with Crippen LogP contribution in [0.25, 0.3) is 11.6 Å². The molecule has 0 aliphatic heterocycles. The first-order valence-electron chi connectivity index (χ1n) is 5.69. The first-order chi connectivity index (χ1) is 9.92. The van der Waals surface area contributed by atoms with E-state index < -0.39 is 5.97 Å². The molecule has 0 saturated heterocycles. The summed E-state index contributed by atoms with van der Waals surface area (Å²) in [5.41, 5.74) is 0.576. The zero-order valence-electron chi connectivity index (χ0n) is 10.8. The first-order valence-corrected chi connectivity index (χ1v) is 7.27. The van der Waals surface area contributed by atoms with Crippen LogP contribution in [-0.4, -0.2) is 23.3 Å². The van der Waals surface area contributed by atoms with Crippen LogP contribution in [0.2, 0.25) is 9.36 Å². The van der Waals surface area contributed by atoms with Crippen molar-refractivity contribution in [3.05, 3.63) is 44.1 Å². The number of thiophene rings is 1. The number of ether oxygens (including phenoxy) is 1. The van der Waals surface area contributed by atoms with E-state index in [9.17, 15) is 15.0 Å². The molecule has 1 aromatic carbocycles. The minimum Gasteiger partial charge on any atom is -0.503 e. The molecule has 0 saturated carbocycles. The van der Waals surface area contributed by atoms with E-state index in [-0.39, 0.29) is 22.1 Å². The Morgan fingerprint density at radius 2 is 2.05 bits per heavy atom. The average molecular weight is 345 g/mol. The number of carboxylic acids is 1. The number of phenolic OH excluding ortho intramolecular Hbond substituents is 1. The van der Waals surface area contributed by atoms with Crippen molar-refractivity contribution in [2.24, 2.45) is 0 Å². The van der Waals surface area contributed by atoms with Crippen LogP contribution in [0.15, 0.2) is 24.3 Å². The van der Waals surface area contributed by atoms with Gasteiger partial charge in [0.15, 0.2) is 11.5 Å². The molecule has 2 rings (SSSR count). The van der Waals surface area contributed by atoms with Gasteiger partial charge in [-0.05, 0) is 35.9 Å². The zero-order chi connectivity index (χ0) is 15.6. The van der Waals surface area contributed by atoms with Crippen LogP contribution in [-0.2, 0) is 4.79 Å². The van der Waals surface area contributed by atoms with Crippen molar-refractivity contribution >= 4 is 52.2 Å². The standard InChI is InChI=1S/C14H10Cl2O4S/c1-20-10-6-7(5-9(15)13(10)17)4-8(14(18)19)11-2-3-12(16)21-11/h2-6,17H,1H3,(H,18,19)/b8-4-. The second-order valence-electron chi connectivity index (χ2n) is 4.02. The fourth-order valence-corrected chi connectivity index (χ4v) is 2.97. The monoisotopic (exact) mass is 344 g/mol. The van der Waals surface area contributed by atoms with E-state index in [1.54, 1.807) is 12.1 Å². The SMILES string of the molecule is COc1cc(/C=C(\C(=O)O)c2ccc(Cl)s2)cc(Cl)c1O. The number of halogens is 2. The maximum atomic E-state index is 11.4. The van der Waals surface area contributed by atoms with Gasteiger partial charge in [-0.1, -0.05) is 23.2 Å². The summed E-state index contributed by atoms with van der Waals surface area (Å²) in [4.78, 5) is 11.9. The van der Waals surface area contributed by atoms with E-state index in [1.165, 1.54) is 25.3 Å². The smallest absolute Gasteiger partial charge is 0.337 e. The van der Waals surface area contributed by atoms with Gasteiger partial charge in [-0.25, -0.2) is 4.79 Å². The molecule has 2 aromatic rings. The molecule has 110 valence electrons. The maximum Gasteiger partial charge on any atom is 0.337 e. The molecule has 0 radical (unpaired) electrons. The molecule has 0 unspecified atom stereocenters. The highest BCUT2D eigenvalue weighted by Crippen LogP contribution is 2.36. The molecular formula is C14H10Cl2O4S. The fraction of sp³-hybridized carbons (Fsp3) is 0.0714. The Morgan fingerprint density at radius 3 is 2.57 bits per heavy atom. The molecule has 4 nitrogen and oxygen atoms in total. The highest BCUT2D eigenvalue weighted by atomic mass is 35.5. The van der Waals surface area contributed by atoms with Crippen LogP contribution >= 0.6 is 34.5 Å². The summed E-state index contributed by atoms with van der Waals surface area (Å²) in [6.07, 6.45) is 1.44. The van der Waals surface area contributed by atoms with Gasteiger partial charge in [0.05, 0.1) is 22.0 Å². The number of rotatable bonds is 4. The largest absolute Gasteiger partial charge is 0.503 e. The third-order valence-electron chi connectivity index (χ3n) is 2.65. The highest BCUT2D eigenvalue weighted by molar-refractivity contribution is 7.17. The van der Waals surface area contributed by atoms with Crippen molar-refractivity contribution in [2.75, 3.05) is 7.11 Å². The molecule has 1 heterocycles. The van der Waals surface area contributed by atoms with Gasteiger partial charge < -0.3 is 14.9 Å². The van der Waals surface area contributed by atoms with Crippen molar-refractivity contribution in [3.8, 4) is 11.5 Å². The normalized spacial score (nSPS) is 11.5. The molecule has 0 fully saturated rings. The number of carboxylic acid groups (broad SMARTS) is 1. The summed E-state index contributed by atoms with van der Waals surface area (Å²) in [6.45, 7) is 0. The van der Waals surface area contributed by atoms with Crippen molar-refractivity contribution in [2.45, 2.75) is 0 Å². The lowest BCUT2D eigenvalue weighted by Gasteiger charge is -2.07. The molecule has 0 bridgehead atoms. The van der Waals surface area contributed by atoms with E-state index >= 15 is 0 Å². The quantitative estimate of drug-likeness (QED) is 0.807. The van der Waals surface area contributed by atoms with Crippen LogP contribution in [0.4, 0.5) is 0 Å². The van der Waals surface area contributed by atoms with Gasteiger partial charge in [0, 0.05) is 4.88 Å². The molecule has 0 aliphatic carbocycles. The Hall–Kier alpha value is -1.69. The Balaban J connectivity index is 2.53. The van der Waals surface area contributed by atoms with Crippen LogP contribution in [0, 0.1) is 0 Å². The predicted octanol–water partition coefficient (Wildman–Crippen LogP) is 4.39. The number of methoxy groups -OCH3 is 1. The van der Waals surface area contributed by atoms with Crippen molar-refractivity contribution in [3.63, 3.8) is 0 Å². The van der Waals surface area contributed by atoms with E-state index in [4.69, 9.17) is 27.9 Å². The number of aliphatic carboxylic acids is 1. The van der Waals surface area contributed by atoms with Gasteiger partial charge >= 0.3 is 5.97 Å². The van der Waals surface area contributed by atoms with Crippen LogP contribution in [0.3, 0.4) is 0 Å². The molecule has 7 heteroatoms. The molecule has 0 atom stereocenters. The Bertz CT molecular complexity index is 722. The number of benzene rings is 1. The number of phenols is 1. The van der Waals surface area contributed by atoms with Gasteiger partial charge in [-0.15, -0.1) is 11.3 Å². The van der Waals surface area contributed by atoms with Crippen LogP contribution in [0.5, 0.6) is 11.5 Å². The minimum atomic E-state index is -1.09. The molecule has 2 N–H and O–H groups in total. The molecule has 1 aromatic heterocycles. The number of hydrogen-bond donors (Lipinski definition) is 2. The Morgan fingerprint density at radius 1 is 1.33 bits per heavy atom. The van der Waals surface area contributed by atoms with Gasteiger partial charge in [0.25, 0.3) is 0 Å². The number of aromatic hydroxyl groups is 1. The second-order valence-corrected chi connectivity index (χ2v) is 6.14. The minimum absolute atomic E-state index is 0.0783. The molecule has 0 aliphatic rings. The fourth-order valence-electron chi connectivity index (χ4n) is 1.70. The molecule has 0 amide bonds. The number of hydrogen-bond acceptors (Lipinski definition) is 4. The van der Waals surface area contributed by atoms with Crippen molar-refractivity contribution in [1.82, 2.24) is 0 Å². The molecule has 0 spiro atoms.